The van der Waals surface area contributed by atoms with Gasteiger partial charge in [0.15, 0.2) is 0 Å². The van der Waals surface area contributed by atoms with E-state index in [-0.39, 0.29) is 12.8 Å². The molecule has 46 valence electrons. The van der Waals surface area contributed by atoms with Crippen LogP contribution >= 0.6 is 0 Å². The number of ether oxygens (including phenoxy) is 1. The molecule has 1 rings (SSSR count). The second-order valence-corrected chi connectivity index (χ2v) is 1.48. The van der Waals surface area contributed by atoms with Crippen molar-refractivity contribution in [1.82, 2.24) is 0 Å². The van der Waals surface area contributed by atoms with Gasteiger partial charge in [-0.3, -0.25) is 4.79 Å². The molecule has 1 fully saturated rings. The highest BCUT2D eigenvalue weighted by atomic mass is 16.5. The van der Waals surface area contributed by atoms with Crippen LogP contribution in [0.5, 0.6) is 0 Å². The van der Waals surface area contributed by atoms with Crippen molar-refractivity contribution >= 4 is 5.97 Å². The van der Waals surface area contributed by atoms with Gasteiger partial charge in [0.05, 0.1) is 7.45 Å². The van der Waals surface area contributed by atoms with Crippen LogP contribution in [0.2, 0.25) is 0 Å². The largest absolute Gasteiger partial charge is 0.463 e. The lowest BCUT2D eigenvalue weighted by Gasteiger charge is -2.17. The molecule has 2 heteroatoms. The van der Waals surface area contributed by atoms with Gasteiger partial charge in [0.1, 0.15) is 0 Å². The fourth-order valence-corrected chi connectivity index (χ4v) is 0.479. The molecule has 0 aromatic carbocycles. The number of carbonyl (C=O) groups is 1. The standard InChI is InChI=1S/C6H10O2/c1-5-3-2-4-6(7)8-5/h5H,2-4H2,1H3/i1D3,3D2,5D. The second kappa shape index (κ2) is 2.16. The molecule has 2 nitrogen and oxygen atoms in total. The summed E-state index contributed by atoms with van der Waals surface area (Å²) >= 11 is 0. The third kappa shape index (κ3) is 1.22. The van der Waals surface area contributed by atoms with Crippen LogP contribution in [-0.4, -0.2) is 12.0 Å². The summed E-state index contributed by atoms with van der Waals surface area (Å²) in [6, 6.07) is 0. The third-order valence-corrected chi connectivity index (χ3v) is 0.831. The molecular weight excluding hydrogens is 104 g/mol. The fourth-order valence-electron chi connectivity index (χ4n) is 0.479. The van der Waals surface area contributed by atoms with Gasteiger partial charge in [0.2, 0.25) is 0 Å². The Kier molecular flexibility index (Phi) is 0.465. The molecule has 8 heavy (non-hydrogen) atoms. The van der Waals surface area contributed by atoms with Gasteiger partial charge in [-0.1, -0.05) is 0 Å². The predicted molar refractivity (Wildman–Crippen MR) is 29.4 cm³/mol. The molecule has 0 radical (unpaired) electrons. The maximum atomic E-state index is 10.9. The summed E-state index contributed by atoms with van der Waals surface area (Å²) in [6.07, 6.45) is -5.61. The van der Waals surface area contributed by atoms with Crippen molar-refractivity contribution < 1.29 is 17.8 Å². The number of hydrogen-bond acceptors (Lipinski definition) is 2. The number of cyclic esters (lactones) is 1. The first kappa shape index (κ1) is 1.72. The molecule has 0 aliphatic carbocycles. The van der Waals surface area contributed by atoms with Crippen LogP contribution in [0.25, 0.3) is 0 Å². The number of carbonyl (C=O) groups excluding carboxylic acids is 1. The van der Waals surface area contributed by atoms with E-state index in [4.69, 9.17) is 8.22 Å². The maximum absolute atomic E-state index is 10.9. The van der Waals surface area contributed by atoms with Gasteiger partial charge < -0.3 is 4.74 Å². The molecule has 1 unspecified atom stereocenters. The van der Waals surface area contributed by atoms with Gasteiger partial charge >= 0.3 is 5.97 Å². The predicted octanol–water partition coefficient (Wildman–Crippen LogP) is 1.10. The molecule has 0 saturated carbocycles. The van der Waals surface area contributed by atoms with Gasteiger partial charge in [-0.15, -0.1) is 0 Å². The van der Waals surface area contributed by atoms with E-state index in [1.165, 1.54) is 0 Å². The van der Waals surface area contributed by atoms with E-state index >= 15 is 0 Å². The molecule has 1 aliphatic heterocycles. The highest BCUT2D eigenvalue weighted by molar-refractivity contribution is 5.70. The van der Waals surface area contributed by atoms with Gasteiger partial charge in [0, 0.05) is 13.3 Å². The van der Waals surface area contributed by atoms with E-state index in [9.17, 15) is 4.79 Å². The van der Waals surface area contributed by atoms with Crippen LogP contribution in [0, 0.1) is 0 Å². The van der Waals surface area contributed by atoms with Crippen LogP contribution in [0.1, 0.15) is 34.3 Å². The molecule has 1 heterocycles. The lowest BCUT2D eigenvalue weighted by molar-refractivity contribution is -0.152. The summed E-state index contributed by atoms with van der Waals surface area (Å²) in [6.45, 7) is -2.98. The summed E-state index contributed by atoms with van der Waals surface area (Å²) in [7, 11) is 0. The zero-order valence-electron chi connectivity index (χ0n) is 10.2. The van der Waals surface area contributed by atoms with Gasteiger partial charge in [-0.05, 0) is 19.6 Å². The minimum atomic E-state index is -2.98. The van der Waals surface area contributed by atoms with E-state index < -0.39 is 25.3 Å². The first-order chi connectivity index (χ1) is 6.10. The monoisotopic (exact) mass is 120 g/mol. The molecule has 1 saturated heterocycles. The van der Waals surface area contributed by atoms with Gasteiger partial charge in [-0.25, -0.2) is 0 Å². The number of rotatable bonds is 0. The van der Waals surface area contributed by atoms with E-state index in [1.807, 2.05) is 0 Å². The minimum Gasteiger partial charge on any atom is -0.463 e. The highest BCUT2D eigenvalue weighted by Crippen LogP contribution is 2.12. The Bertz CT molecular complexity index is 260. The van der Waals surface area contributed by atoms with E-state index in [0.717, 1.165) is 0 Å². The van der Waals surface area contributed by atoms with Crippen LogP contribution in [-0.2, 0) is 9.53 Å². The van der Waals surface area contributed by atoms with Crippen LogP contribution in [0.4, 0.5) is 0 Å². The average Bonchev–Trinajstić information content (AvgIpc) is 1.96. The third-order valence-electron chi connectivity index (χ3n) is 0.831. The molecule has 0 spiro atoms. The number of esters is 1. The van der Waals surface area contributed by atoms with E-state index in [2.05, 4.69) is 4.74 Å². The Hall–Kier alpha value is -0.530. The molecule has 0 aromatic heterocycles. The van der Waals surface area contributed by atoms with Crippen molar-refractivity contribution in [2.45, 2.75) is 32.1 Å². The molecular formula is C6H10O2. The van der Waals surface area contributed by atoms with Crippen molar-refractivity contribution in [2.24, 2.45) is 0 Å². The van der Waals surface area contributed by atoms with Crippen LogP contribution in [0.3, 0.4) is 0 Å². The molecule has 1 atom stereocenters. The average molecular weight is 120 g/mol. The Balaban J connectivity index is 3.08. The molecule has 1 aliphatic rings. The number of hydrogen-bond donors (Lipinski definition) is 0. The molecule has 0 amide bonds. The fraction of sp³-hybridized carbons (Fsp3) is 0.833. The first-order valence-corrected chi connectivity index (χ1v) is 2.32. The SMILES string of the molecule is [2H]C([2H])([2H])C1([2H])OC(=O)CCC1([2H])[2H]. The Labute approximate surface area is 57.3 Å². The van der Waals surface area contributed by atoms with Crippen molar-refractivity contribution in [2.75, 3.05) is 0 Å². The zero-order valence-corrected chi connectivity index (χ0v) is 4.23. The highest BCUT2D eigenvalue weighted by Gasteiger charge is 2.14. The van der Waals surface area contributed by atoms with Gasteiger partial charge in [0.25, 0.3) is 0 Å². The lowest BCUT2D eigenvalue weighted by Crippen LogP contribution is -2.19. The lowest BCUT2D eigenvalue weighted by atomic mass is 10.1. The van der Waals surface area contributed by atoms with Crippen LogP contribution in [0.15, 0.2) is 0 Å². The topological polar surface area (TPSA) is 26.3 Å². The Morgan fingerprint density at radius 1 is 2.25 bits per heavy atom. The Morgan fingerprint density at radius 2 is 3.12 bits per heavy atom. The summed E-state index contributed by atoms with van der Waals surface area (Å²) in [5.41, 5.74) is 0. The maximum Gasteiger partial charge on any atom is 0.306 e. The smallest absolute Gasteiger partial charge is 0.306 e. The van der Waals surface area contributed by atoms with Crippen molar-refractivity contribution in [3.8, 4) is 0 Å². The Morgan fingerprint density at radius 3 is 3.75 bits per heavy atom. The van der Waals surface area contributed by atoms with E-state index in [1.54, 1.807) is 0 Å². The normalized spacial score (nSPS) is 57.8. The first-order valence-electron chi connectivity index (χ1n) is 5.32. The summed E-state index contributed by atoms with van der Waals surface area (Å²) in [5.74, 6) is -0.841. The summed E-state index contributed by atoms with van der Waals surface area (Å²) in [4.78, 5) is 10.9. The second-order valence-electron chi connectivity index (χ2n) is 1.48. The molecule has 0 N–H and O–H groups in total. The van der Waals surface area contributed by atoms with Crippen molar-refractivity contribution in [3.05, 3.63) is 0 Å². The van der Waals surface area contributed by atoms with Gasteiger partial charge in [-0.2, -0.15) is 0 Å². The van der Waals surface area contributed by atoms with Crippen molar-refractivity contribution in [1.29, 1.82) is 0 Å². The summed E-state index contributed by atoms with van der Waals surface area (Å²) < 4.78 is 47.5. The molecule has 0 bridgehead atoms. The molecule has 0 aromatic rings. The van der Waals surface area contributed by atoms with E-state index in [0.29, 0.717) is 0 Å². The zero-order chi connectivity index (χ0) is 11.2. The quantitative estimate of drug-likeness (QED) is 0.447. The van der Waals surface area contributed by atoms with Crippen LogP contribution < -0.4 is 0 Å². The summed E-state index contributed by atoms with van der Waals surface area (Å²) in [5, 5.41) is 0. The van der Waals surface area contributed by atoms with Crippen molar-refractivity contribution in [3.63, 3.8) is 0 Å². The minimum absolute atomic E-state index is 0.191.